The predicted octanol–water partition coefficient (Wildman–Crippen LogP) is 6.51. The minimum absolute atomic E-state index is 0.290. The molecule has 8 rings (SSSR count). The topological polar surface area (TPSA) is 114 Å². The van der Waals surface area contributed by atoms with Crippen molar-refractivity contribution in [3.8, 4) is 0 Å². The van der Waals surface area contributed by atoms with Crippen molar-refractivity contribution in [2.24, 2.45) is 20.0 Å². The van der Waals surface area contributed by atoms with Gasteiger partial charge in [-0.3, -0.25) is 15.0 Å². The van der Waals surface area contributed by atoms with E-state index in [1.807, 2.05) is 102 Å². The molecular weight excluding hydrogens is 600 g/mol. The number of rotatable bonds is 8. The van der Waals surface area contributed by atoms with Crippen molar-refractivity contribution >= 4 is 46.1 Å². The maximum atomic E-state index is 7.18. The molecule has 1 aromatic heterocycles. The molecule has 240 valence electrons. The molecule has 0 saturated heterocycles. The maximum Gasteiger partial charge on any atom is 0.356 e. The van der Waals surface area contributed by atoms with E-state index in [0.717, 1.165) is 44.2 Å². The van der Waals surface area contributed by atoms with E-state index >= 15 is 0 Å². The molecule has 10 nitrogen and oxygen atoms in total. The Morgan fingerprint density at radius 1 is 0.833 bits per heavy atom. The fraction of sp³-hybridized carbons (Fsp3) is 0.211. The number of nitrogens with two attached hydrogens (primary N) is 1. The first-order valence-corrected chi connectivity index (χ1v) is 16.2. The quantitative estimate of drug-likeness (QED) is 0.189. The smallest absolute Gasteiger partial charge is 0.356 e. The Labute approximate surface area is 279 Å². The van der Waals surface area contributed by atoms with Crippen molar-refractivity contribution in [3.05, 3.63) is 130 Å². The Balaban J connectivity index is 1.39. The highest BCUT2D eigenvalue weighted by atomic mass is 16.7. The SMILES string of the molecule is CCOC(OCC)(N1/C(=N\C)c2ccccc2/C1=N/C1=NCc2ccccc21)n1c(N)c2ccccc2c1NC1N=Cc2ccccc21. The number of nitrogen functional groups attached to an aromatic ring is 1. The summed E-state index contributed by atoms with van der Waals surface area (Å²) in [5, 5.41) is 5.47. The molecule has 1 atom stereocenters. The van der Waals surface area contributed by atoms with Gasteiger partial charge in [-0.15, -0.1) is 0 Å². The highest BCUT2D eigenvalue weighted by Gasteiger charge is 2.53. The predicted molar refractivity (Wildman–Crippen MR) is 192 cm³/mol. The summed E-state index contributed by atoms with van der Waals surface area (Å²) in [5.74, 6) is 3.01. The van der Waals surface area contributed by atoms with E-state index in [2.05, 4.69) is 29.6 Å². The van der Waals surface area contributed by atoms with Gasteiger partial charge < -0.3 is 20.5 Å². The Kier molecular flexibility index (Phi) is 7.39. The summed E-state index contributed by atoms with van der Waals surface area (Å²) in [7, 11) is 1.77. The summed E-state index contributed by atoms with van der Waals surface area (Å²) in [6.45, 7) is 5.03. The van der Waals surface area contributed by atoms with Gasteiger partial charge in [0.1, 0.15) is 23.6 Å². The van der Waals surface area contributed by atoms with Gasteiger partial charge in [-0.2, -0.15) is 0 Å². The van der Waals surface area contributed by atoms with Crippen molar-refractivity contribution in [1.82, 2.24) is 9.47 Å². The van der Waals surface area contributed by atoms with Crippen LogP contribution in [0.25, 0.3) is 10.8 Å². The van der Waals surface area contributed by atoms with Gasteiger partial charge >= 0.3 is 6.03 Å². The molecule has 10 heteroatoms. The standard InChI is InChI=1S/C38H36N8O2/c1-4-47-38(48-5-2,45-32(39)28-18-10-11-19-29(28)36(45)43-33-26-16-8-6-14-24(26)22-41-33)46-35(40-3)30-20-12-13-21-31(30)37(46)44-34-27-17-9-7-15-25(27)23-42-34/h6-22,33,43H,4-5,23,39H2,1-3H3/b40-35-,44-37-. The van der Waals surface area contributed by atoms with Gasteiger partial charge in [0.05, 0.1) is 19.8 Å². The third-order valence-corrected chi connectivity index (χ3v) is 8.99. The lowest BCUT2D eigenvalue weighted by Crippen LogP contribution is -2.58. The molecule has 0 fully saturated rings. The molecule has 5 aromatic rings. The first kappa shape index (κ1) is 29.8. The highest BCUT2D eigenvalue weighted by molar-refractivity contribution is 6.28. The molecule has 4 aromatic carbocycles. The number of anilines is 2. The summed E-state index contributed by atoms with van der Waals surface area (Å²) >= 11 is 0. The molecule has 0 radical (unpaired) electrons. The third kappa shape index (κ3) is 4.48. The van der Waals surface area contributed by atoms with Crippen molar-refractivity contribution in [2.75, 3.05) is 31.3 Å². The summed E-state index contributed by atoms with van der Waals surface area (Å²) in [5.41, 5.74) is 13.2. The zero-order valence-corrected chi connectivity index (χ0v) is 27.1. The molecular formula is C38H36N8O2. The fourth-order valence-electron chi connectivity index (χ4n) is 6.97. The Bertz CT molecular complexity index is 2170. The van der Waals surface area contributed by atoms with E-state index in [4.69, 9.17) is 35.2 Å². The van der Waals surface area contributed by atoms with Gasteiger partial charge in [-0.25, -0.2) is 14.5 Å². The maximum absolute atomic E-state index is 7.18. The van der Waals surface area contributed by atoms with E-state index < -0.39 is 6.03 Å². The minimum Gasteiger partial charge on any atom is -0.384 e. The lowest BCUT2D eigenvalue weighted by atomic mass is 10.1. The first-order chi connectivity index (χ1) is 23.6. The number of fused-ring (bicyclic) bond motifs is 4. The molecule has 0 aliphatic carbocycles. The van der Waals surface area contributed by atoms with Crippen LogP contribution in [0.15, 0.2) is 117 Å². The van der Waals surface area contributed by atoms with Crippen LogP contribution < -0.4 is 11.1 Å². The molecule has 4 heterocycles. The zero-order chi connectivity index (χ0) is 32.8. The number of benzene rings is 4. The average molecular weight is 637 g/mol. The molecule has 3 N–H and O–H groups in total. The van der Waals surface area contributed by atoms with Crippen LogP contribution in [-0.2, 0) is 22.1 Å². The number of nitrogens with zero attached hydrogens (tertiary/aromatic N) is 6. The molecule has 0 amide bonds. The molecule has 3 aliphatic rings. The highest BCUT2D eigenvalue weighted by Crippen LogP contribution is 2.45. The number of aromatic nitrogens is 1. The Morgan fingerprint density at radius 3 is 2.23 bits per heavy atom. The Hall–Kier alpha value is -5.58. The third-order valence-electron chi connectivity index (χ3n) is 8.99. The van der Waals surface area contributed by atoms with Gasteiger partial charge in [0.15, 0.2) is 11.7 Å². The fourth-order valence-corrected chi connectivity index (χ4v) is 6.97. The van der Waals surface area contributed by atoms with Crippen LogP contribution in [0, 0.1) is 0 Å². The van der Waals surface area contributed by atoms with Gasteiger partial charge in [0.25, 0.3) is 0 Å². The normalized spacial score (nSPS) is 18.1. The van der Waals surface area contributed by atoms with Crippen LogP contribution in [-0.4, -0.2) is 53.4 Å². The van der Waals surface area contributed by atoms with Crippen molar-refractivity contribution in [3.63, 3.8) is 0 Å². The van der Waals surface area contributed by atoms with E-state index in [0.29, 0.717) is 48.9 Å². The van der Waals surface area contributed by atoms with Crippen LogP contribution in [0.3, 0.4) is 0 Å². The van der Waals surface area contributed by atoms with Gasteiger partial charge in [0.2, 0.25) is 0 Å². The second kappa shape index (κ2) is 11.9. The van der Waals surface area contributed by atoms with Gasteiger partial charge in [-0.1, -0.05) is 97.1 Å². The molecule has 0 spiro atoms. The molecule has 0 saturated carbocycles. The molecule has 3 aliphatic heterocycles. The average Bonchev–Trinajstić information content (AvgIpc) is 3.87. The minimum atomic E-state index is -1.66. The van der Waals surface area contributed by atoms with Crippen LogP contribution in [0.1, 0.15) is 53.4 Å². The van der Waals surface area contributed by atoms with Crippen molar-refractivity contribution in [1.29, 1.82) is 0 Å². The molecule has 0 bridgehead atoms. The van der Waals surface area contributed by atoms with Gasteiger partial charge in [0, 0.05) is 46.3 Å². The second-order valence-corrected chi connectivity index (χ2v) is 11.6. The van der Waals surface area contributed by atoms with Crippen LogP contribution in [0.4, 0.5) is 11.6 Å². The second-order valence-electron chi connectivity index (χ2n) is 11.6. The van der Waals surface area contributed by atoms with E-state index in [1.165, 1.54) is 0 Å². The lowest BCUT2D eigenvalue weighted by molar-refractivity contribution is -0.335. The van der Waals surface area contributed by atoms with Crippen molar-refractivity contribution in [2.45, 2.75) is 32.6 Å². The summed E-state index contributed by atoms with van der Waals surface area (Å²) in [6.07, 6.45) is 1.54. The largest absolute Gasteiger partial charge is 0.384 e. The number of hydrogen-bond donors (Lipinski definition) is 2. The lowest BCUT2D eigenvalue weighted by Gasteiger charge is -2.43. The zero-order valence-electron chi connectivity index (χ0n) is 27.1. The summed E-state index contributed by atoms with van der Waals surface area (Å²) in [4.78, 5) is 21.8. The summed E-state index contributed by atoms with van der Waals surface area (Å²) < 4.78 is 15.6. The van der Waals surface area contributed by atoms with E-state index in [1.54, 1.807) is 7.05 Å². The van der Waals surface area contributed by atoms with Crippen LogP contribution in [0.2, 0.25) is 0 Å². The molecule has 1 unspecified atom stereocenters. The Morgan fingerprint density at radius 2 is 1.48 bits per heavy atom. The van der Waals surface area contributed by atoms with E-state index in [-0.39, 0.29) is 6.17 Å². The monoisotopic (exact) mass is 636 g/mol. The number of amidine groups is 3. The van der Waals surface area contributed by atoms with Crippen LogP contribution >= 0.6 is 0 Å². The number of aliphatic imine (C=N–C) groups is 4. The van der Waals surface area contributed by atoms with Gasteiger partial charge in [-0.05, 0) is 25.0 Å². The summed E-state index contributed by atoms with van der Waals surface area (Å²) in [6, 6.07) is 30.8. The molecule has 48 heavy (non-hydrogen) atoms. The number of ether oxygens (including phenoxy) is 2. The first-order valence-electron chi connectivity index (χ1n) is 16.2. The number of nitrogens with one attached hydrogen (secondary N) is 1. The number of hydrogen-bond acceptors (Lipinski definition) is 8. The van der Waals surface area contributed by atoms with Crippen LogP contribution in [0.5, 0.6) is 0 Å². The van der Waals surface area contributed by atoms with E-state index in [9.17, 15) is 0 Å². The van der Waals surface area contributed by atoms with Crippen molar-refractivity contribution < 1.29 is 9.47 Å².